The Balaban J connectivity index is 1.79. The fraction of sp³-hybridized carbons (Fsp3) is 0.211. The minimum atomic E-state index is -0.279. The van der Waals surface area contributed by atoms with Crippen LogP contribution < -0.4 is 14.8 Å². The van der Waals surface area contributed by atoms with Gasteiger partial charge in [0.2, 0.25) is 0 Å². The third-order valence-electron chi connectivity index (χ3n) is 3.55. The number of nitrogens with zero attached hydrogens (tertiary/aromatic N) is 1. The van der Waals surface area contributed by atoms with E-state index in [4.69, 9.17) is 9.47 Å². The molecule has 25 heavy (non-hydrogen) atoms. The molecular formula is C19H19FN2O2S. The SMILES string of the molecule is CCOc1cccc(CNc2nccs2)c1OCc1ccccc1F. The van der Waals surface area contributed by atoms with E-state index in [1.807, 2.05) is 30.5 Å². The van der Waals surface area contributed by atoms with Gasteiger partial charge in [-0.05, 0) is 19.1 Å². The number of halogens is 1. The first-order valence-corrected chi connectivity index (χ1v) is 8.90. The van der Waals surface area contributed by atoms with Gasteiger partial charge in [0.25, 0.3) is 0 Å². The number of ether oxygens (including phenoxy) is 2. The zero-order valence-corrected chi connectivity index (χ0v) is 14.7. The standard InChI is InChI=1S/C19H19FN2O2S/c1-2-23-17-9-5-7-14(12-22-19-21-10-11-25-19)18(17)24-13-15-6-3-4-8-16(15)20/h3-11H,2,12-13H2,1H3,(H,21,22). The molecule has 0 saturated heterocycles. The van der Waals surface area contributed by atoms with Crippen LogP contribution in [0.2, 0.25) is 0 Å². The molecule has 1 aromatic heterocycles. The predicted octanol–water partition coefficient (Wildman–Crippen LogP) is 4.87. The minimum absolute atomic E-state index is 0.140. The summed E-state index contributed by atoms with van der Waals surface area (Å²) in [6.45, 7) is 3.13. The predicted molar refractivity (Wildman–Crippen MR) is 97.8 cm³/mol. The summed E-state index contributed by atoms with van der Waals surface area (Å²) >= 11 is 1.53. The lowest BCUT2D eigenvalue weighted by atomic mass is 10.1. The van der Waals surface area contributed by atoms with Gasteiger partial charge in [0.05, 0.1) is 6.61 Å². The summed E-state index contributed by atoms with van der Waals surface area (Å²) in [4.78, 5) is 4.21. The van der Waals surface area contributed by atoms with Crippen molar-refractivity contribution in [3.8, 4) is 11.5 Å². The van der Waals surface area contributed by atoms with Crippen molar-refractivity contribution in [3.63, 3.8) is 0 Å². The van der Waals surface area contributed by atoms with Gasteiger partial charge in [-0.25, -0.2) is 9.37 Å². The lowest BCUT2D eigenvalue weighted by molar-refractivity contribution is 0.263. The molecular weight excluding hydrogens is 339 g/mol. The van der Waals surface area contributed by atoms with E-state index in [0.717, 1.165) is 10.7 Å². The Morgan fingerprint density at radius 3 is 2.68 bits per heavy atom. The third kappa shape index (κ3) is 4.48. The molecule has 1 N–H and O–H groups in total. The molecule has 0 unspecified atom stereocenters. The van der Waals surface area contributed by atoms with E-state index in [9.17, 15) is 4.39 Å². The Labute approximate surface area is 150 Å². The fourth-order valence-electron chi connectivity index (χ4n) is 2.38. The van der Waals surface area contributed by atoms with Crippen molar-refractivity contribution in [1.29, 1.82) is 0 Å². The highest BCUT2D eigenvalue weighted by Gasteiger charge is 2.13. The van der Waals surface area contributed by atoms with Crippen LogP contribution in [0, 0.1) is 5.82 Å². The molecule has 1 heterocycles. The van der Waals surface area contributed by atoms with E-state index >= 15 is 0 Å². The van der Waals surface area contributed by atoms with Gasteiger partial charge in [0.1, 0.15) is 12.4 Å². The van der Waals surface area contributed by atoms with Crippen molar-refractivity contribution in [2.24, 2.45) is 0 Å². The van der Waals surface area contributed by atoms with Crippen LogP contribution in [0.15, 0.2) is 54.0 Å². The Kier molecular flexibility index (Phi) is 5.85. The lowest BCUT2D eigenvalue weighted by Gasteiger charge is -2.16. The first kappa shape index (κ1) is 17.2. The fourth-order valence-corrected chi connectivity index (χ4v) is 2.91. The number of hydrogen-bond acceptors (Lipinski definition) is 5. The Morgan fingerprint density at radius 2 is 1.92 bits per heavy atom. The van der Waals surface area contributed by atoms with Gasteiger partial charge in [0, 0.05) is 29.2 Å². The Bertz CT molecular complexity index is 809. The van der Waals surface area contributed by atoms with E-state index in [1.165, 1.54) is 17.4 Å². The highest BCUT2D eigenvalue weighted by atomic mass is 32.1. The molecule has 2 aromatic carbocycles. The number of nitrogens with one attached hydrogen (secondary N) is 1. The first-order chi connectivity index (χ1) is 12.3. The van der Waals surface area contributed by atoms with Gasteiger partial charge >= 0.3 is 0 Å². The minimum Gasteiger partial charge on any atom is -0.490 e. The topological polar surface area (TPSA) is 43.4 Å². The molecule has 4 nitrogen and oxygen atoms in total. The molecule has 3 rings (SSSR count). The summed E-state index contributed by atoms with van der Waals surface area (Å²) in [5.41, 5.74) is 1.44. The molecule has 0 amide bonds. The second kappa shape index (κ2) is 8.48. The molecule has 0 spiro atoms. The average molecular weight is 358 g/mol. The van der Waals surface area contributed by atoms with E-state index in [0.29, 0.717) is 30.2 Å². The molecule has 0 fully saturated rings. The number of aromatic nitrogens is 1. The van der Waals surface area contributed by atoms with Gasteiger partial charge in [-0.2, -0.15) is 0 Å². The zero-order chi connectivity index (χ0) is 17.5. The van der Waals surface area contributed by atoms with Crippen LogP contribution in [0.5, 0.6) is 11.5 Å². The molecule has 0 atom stereocenters. The number of anilines is 1. The van der Waals surface area contributed by atoms with Crippen LogP contribution in [0.25, 0.3) is 0 Å². The van der Waals surface area contributed by atoms with Crippen molar-refractivity contribution in [3.05, 3.63) is 71.0 Å². The molecule has 0 saturated carbocycles. The number of hydrogen-bond donors (Lipinski definition) is 1. The second-order valence-corrected chi connectivity index (χ2v) is 6.14. The maximum atomic E-state index is 13.8. The van der Waals surface area contributed by atoms with E-state index in [2.05, 4.69) is 10.3 Å². The molecule has 3 aromatic rings. The van der Waals surface area contributed by atoms with E-state index in [-0.39, 0.29) is 12.4 Å². The highest BCUT2D eigenvalue weighted by Crippen LogP contribution is 2.33. The Hall–Kier alpha value is -2.60. The van der Waals surface area contributed by atoms with Crippen molar-refractivity contribution >= 4 is 16.5 Å². The van der Waals surface area contributed by atoms with Crippen molar-refractivity contribution < 1.29 is 13.9 Å². The molecule has 0 bridgehead atoms. The highest BCUT2D eigenvalue weighted by molar-refractivity contribution is 7.13. The molecule has 130 valence electrons. The number of thiazole rings is 1. The van der Waals surface area contributed by atoms with Gasteiger partial charge in [-0.1, -0.05) is 30.3 Å². The van der Waals surface area contributed by atoms with Crippen LogP contribution >= 0.6 is 11.3 Å². The quantitative estimate of drug-likeness (QED) is 0.624. The summed E-state index contributed by atoms with van der Waals surface area (Å²) < 4.78 is 25.5. The van der Waals surface area contributed by atoms with Gasteiger partial charge in [0.15, 0.2) is 16.6 Å². The molecule has 0 radical (unpaired) electrons. The van der Waals surface area contributed by atoms with Crippen LogP contribution in [0.4, 0.5) is 9.52 Å². The second-order valence-electron chi connectivity index (χ2n) is 5.25. The maximum absolute atomic E-state index is 13.8. The zero-order valence-electron chi connectivity index (χ0n) is 13.9. The van der Waals surface area contributed by atoms with Gasteiger partial charge in [-0.3, -0.25) is 0 Å². The Morgan fingerprint density at radius 1 is 1.08 bits per heavy atom. The summed E-state index contributed by atoms with van der Waals surface area (Å²) in [6.07, 6.45) is 1.75. The van der Waals surface area contributed by atoms with Crippen molar-refractivity contribution in [2.45, 2.75) is 20.1 Å². The van der Waals surface area contributed by atoms with Gasteiger partial charge < -0.3 is 14.8 Å². The van der Waals surface area contributed by atoms with E-state index in [1.54, 1.807) is 24.4 Å². The molecule has 0 aliphatic heterocycles. The van der Waals surface area contributed by atoms with Gasteiger partial charge in [-0.15, -0.1) is 11.3 Å². The van der Waals surface area contributed by atoms with Crippen LogP contribution in [-0.4, -0.2) is 11.6 Å². The third-order valence-corrected chi connectivity index (χ3v) is 4.28. The molecule has 6 heteroatoms. The van der Waals surface area contributed by atoms with E-state index < -0.39 is 0 Å². The number of benzene rings is 2. The molecule has 0 aliphatic rings. The van der Waals surface area contributed by atoms with Crippen molar-refractivity contribution in [1.82, 2.24) is 4.98 Å². The summed E-state index contributed by atoms with van der Waals surface area (Å²) in [5.74, 6) is 0.993. The first-order valence-electron chi connectivity index (χ1n) is 8.02. The monoisotopic (exact) mass is 358 g/mol. The number of rotatable bonds is 8. The van der Waals surface area contributed by atoms with Crippen LogP contribution in [0.3, 0.4) is 0 Å². The molecule has 0 aliphatic carbocycles. The largest absolute Gasteiger partial charge is 0.490 e. The summed E-state index contributed by atoms with van der Waals surface area (Å²) in [5, 5.41) is 6.00. The summed E-state index contributed by atoms with van der Waals surface area (Å²) in [6, 6.07) is 12.3. The number of para-hydroxylation sites is 1. The summed E-state index contributed by atoms with van der Waals surface area (Å²) in [7, 11) is 0. The van der Waals surface area contributed by atoms with Crippen LogP contribution in [0.1, 0.15) is 18.1 Å². The average Bonchev–Trinajstić information content (AvgIpc) is 3.14. The van der Waals surface area contributed by atoms with Crippen LogP contribution in [-0.2, 0) is 13.2 Å². The van der Waals surface area contributed by atoms with Crippen molar-refractivity contribution in [2.75, 3.05) is 11.9 Å². The lowest BCUT2D eigenvalue weighted by Crippen LogP contribution is -2.06. The normalized spacial score (nSPS) is 10.5. The maximum Gasteiger partial charge on any atom is 0.182 e. The smallest absolute Gasteiger partial charge is 0.182 e.